The Balaban J connectivity index is 1.95. The number of aliphatic hydroxyl groups excluding tert-OH is 1. The van der Waals surface area contributed by atoms with E-state index >= 15 is 0 Å². The molecule has 17 heavy (non-hydrogen) atoms. The van der Waals surface area contributed by atoms with Crippen molar-refractivity contribution >= 4 is 10.9 Å². The number of hydrogen-bond donors (Lipinski definition) is 2. The molecule has 1 fully saturated rings. The Kier molecular flexibility index (Phi) is 2.54. The Bertz CT molecular complexity index is 527. The summed E-state index contributed by atoms with van der Waals surface area (Å²) < 4.78 is 7.48. The third-order valence-electron chi connectivity index (χ3n) is 3.13. The zero-order chi connectivity index (χ0) is 11.8. The monoisotopic (exact) mass is 234 g/mol. The molecule has 2 aromatic rings. The molecule has 0 aromatic carbocycles. The second-order valence-electron chi connectivity index (χ2n) is 4.23. The molecule has 2 aromatic heterocycles. The van der Waals surface area contributed by atoms with Gasteiger partial charge in [-0.2, -0.15) is 5.10 Å². The molecule has 6 nitrogen and oxygen atoms in total. The first-order valence-corrected chi connectivity index (χ1v) is 5.58. The quantitative estimate of drug-likeness (QED) is 0.766. The molecule has 3 N–H and O–H groups in total. The molecule has 1 aliphatic rings. The van der Waals surface area contributed by atoms with Crippen molar-refractivity contribution in [2.24, 2.45) is 5.73 Å². The number of hydrogen-bond acceptors (Lipinski definition) is 5. The number of aliphatic hydroxyl groups is 1. The van der Waals surface area contributed by atoms with Crippen LogP contribution >= 0.6 is 0 Å². The summed E-state index contributed by atoms with van der Waals surface area (Å²) in [5, 5.41) is 14.4. The fourth-order valence-corrected chi connectivity index (χ4v) is 2.20. The van der Waals surface area contributed by atoms with Crippen LogP contribution in [0.25, 0.3) is 10.9 Å². The van der Waals surface area contributed by atoms with Gasteiger partial charge in [0.15, 0.2) is 6.23 Å². The maximum atomic E-state index is 9.12. The van der Waals surface area contributed by atoms with Crippen LogP contribution in [-0.4, -0.2) is 38.6 Å². The highest BCUT2D eigenvalue weighted by atomic mass is 16.5. The van der Waals surface area contributed by atoms with Crippen LogP contribution in [0, 0.1) is 0 Å². The number of fused-ring (bicyclic) bond motifs is 1. The van der Waals surface area contributed by atoms with Gasteiger partial charge in [-0.05, 0) is 6.07 Å². The third-order valence-corrected chi connectivity index (χ3v) is 3.13. The number of pyridine rings is 1. The van der Waals surface area contributed by atoms with E-state index in [1.165, 1.54) is 0 Å². The van der Waals surface area contributed by atoms with Crippen molar-refractivity contribution in [2.75, 3.05) is 6.61 Å². The van der Waals surface area contributed by atoms with E-state index in [0.29, 0.717) is 6.42 Å². The van der Waals surface area contributed by atoms with Crippen LogP contribution in [0.3, 0.4) is 0 Å². The van der Waals surface area contributed by atoms with Gasteiger partial charge >= 0.3 is 0 Å². The normalized spacial score (nSPS) is 28.9. The van der Waals surface area contributed by atoms with E-state index in [9.17, 15) is 0 Å². The van der Waals surface area contributed by atoms with Crippen LogP contribution in [0.4, 0.5) is 0 Å². The van der Waals surface area contributed by atoms with E-state index in [2.05, 4.69) is 10.1 Å². The van der Waals surface area contributed by atoms with Crippen molar-refractivity contribution in [3.63, 3.8) is 0 Å². The average molecular weight is 234 g/mol. The number of rotatable bonds is 2. The van der Waals surface area contributed by atoms with Gasteiger partial charge in [0, 0.05) is 30.2 Å². The number of aromatic nitrogens is 3. The molecular weight excluding hydrogens is 220 g/mol. The van der Waals surface area contributed by atoms with Crippen LogP contribution in [-0.2, 0) is 4.74 Å². The molecule has 1 aliphatic heterocycles. The van der Waals surface area contributed by atoms with Crippen molar-refractivity contribution in [2.45, 2.75) is 24.8 Å². The fraction of sp³-hybridized carbons (Fsp3) is 0.455. The zero-order valence-corrected chi connectivity index (χ0v) is 9.23. The molecule has 3 rings (SSSR count). The Morgan fingerprint density at radius 1 is 1.53 bits per heavy atom. The predicted molar refractivity (Wildman–Crippen MR) is 61.1 cm³/mol. The van der Waals surface area contributed by atoms with Gasteiger partial charge in [-0.15, -0.1) is 0 Å². The lowest BCUT2D eigenvalue weighted by molar-refractivity contribution is -0.0284. The topological polar surface area (TPSA) is 86.2 Å². The summed E-state index contributed by atoms with van der Waals surface area (Å²) in [6, 6.07) is 1.75. The molecule has 1 saturated heterocycles. The van der Waals surface area contributed by atoms with Crippen LogP contribution < -0.4 is 5.73 Å². The molecule has 0 aliphatic carbocycles. The summed E-state index contributed by atoms with van der Waals surface area (Å²) in [7, 11) is 0. The Morgan fingerprint density at radius 2 is 2.41 bits per heavy atom. The van der Waals surface area contributed by atoms with Crippen molar-refractivity contribution < 1.29 is 9.84 Å². The first kappa shape index (κ1) is 10.6. The summed E-state index contributed by atoms with van der Waals surface area (Å²) in [6.45, 7) is -0.0571. The largest absolute Gasteiger partial charge is 0.394 e. The second kappa shape index (κ2) is 4.06. The minimum Gasteiger partial charge on any atom is -0.394 e. The lowest BCUT2D eigenvalue weighted by Gasteiger charge is -2.13. The van der Waals surface area contributed by atoms with E-state index in [0.717, 1.165) is 10.9 Å². The molecule has 3 atom stereocenters. The first-order chi connectivity index (χ1) is 8.29. The SMILES string of the molecule is N[C@H]1C[C@H](n2ncc3cnccc32)O[C@@H]1CO. The standard InChI is InChI=1S/C11H14N4O2/c12-8-3-11(17-10(8)6-16)15-9-1-2-13-4-7(9)5-14-15/h1-2,4-5,8,10-11,16H,3,6,12H2/t8-,10+,11+/m0/s1. The summed E-state index contributed by atoms with van der Waals surface area (Å²) in [5.41, 5.74) is 6.86. The van der Waals surface area contributed by atoms with E-state index < -0.39 is 0 Å². The highest BCUT2D eigenvalue weighted by Crippen LogP contribution is 2.29. The van der Waals surface area contributed by atoms with Gasteiger partial charge in [0.1, 0.15) is 0 Å². The summed E-state index contributed by atoms with van der Waals surface area (Å²) in [5.74, 6) is 0. The van der Waals surface area contributed by atoms with Crippen LogP contribution in [0.2, 0.25) is 0 Å². The van der Waals surface area contributed by atoms with Crippen molar-refractivity contribution in [1.29, 1.82) is 0 Å². The molecule has 0 saturated carbocycles. The van der Waals surface area contributed by atoms with Gasteiger partial charge < -0.3 is 15.6 Å². The molecule has 0 radical (unpaired) electrons. The van der Waals surface area contributed by atoms with E-state index in [1.807, 2.05) is 6.07 Å². The average Bonchev–Trinajstić information content (AvgIpc) is 2.92. The Hall–Kier alpha value is -1.50. The molecule has 6 heteroatoms. The van der Waals surface area contributed by atoms with Gasteiger partial charge in [0.25, 0.3) is 0 Å². The van der Waals surface area contributed by atoms with Gasteiger partial charge in [-0.1, -0.05) is 0 Å². The minimum absolute atomic E-state index is 0.0571. The number of nitrogens with zero attached hydrogens (tertiary/aromatic N) is 3. The van der Waals surface area contributed by atoms with Gasteiger partial charge in [-0.3, -0.25) is 4.98 Å². The van der Waals surface area contributed by atoms with Crippen molar-refractivity contribution in [3.05, 3.63) is 24.7 Å². The zero-order valence-electron chi connectivity index (χ0n) is 9.23. The molecule has 90 valence electrons. The molecule has 0 bridgehead atoms. The lowest BCUT2D eigenvalue weighted by atomic mass is 10.1. The lowest BCUT2D eigenvalue weighted by Crippen LogP contribution is -2.32. The Labute approximate surface area is 98.0 Å². The smallest absolute Gasteiger partial charge is 0.153 e. The van der Waals surface area contributed by atoms with Gasteiger partial charge in [-0.25, -0.2) is 4.68 Å². The van der Waals surface area contributed by atoms with Crippen molar-refractivity contribution in [1.82, 2.24) is 14.8 Å². The molecular formula is C11H14N4O2. The van der Waals surface area contributed by atoms with Gasteiger partial charge in [0.2, 0.25) is 0 Å². The number of nitrogens with two attached hydrogens (primary N) is 1. The van der Waals surface area contributed by atoms with Crippen LogP contribution in [0.1, 0.15) is 12.6 Å². The molecule has 0 amide bonds. The van der Waals surface area contributed by atoms with E-state index in [4.69, 9.17) is 15.6 Å². The summed E-state index contributed by atoms with van der Waals surface area (Å²) >= 11 is 0. The maximum absolute atomic E-state index is 9.12. The summed E-state index contributed by atoms with van der Waals surface area (Å²) in [6.07, 6.45) is 5.38. The molecule has 0 spiro atoms. The first-order valence-electron chi connectivity index (χ1n) is 5.58. The summed E-state index contributed by atoms with van der Waals surface area (Å²) in [4.78, 5) is 4.04. The minimum atomic E-state index is -0.305. The molecule has 3 heterocycles. The number of ether oxygens (including phenoxy) is 1. The van der Waals surface area contributed by atoms with E-state index in [1.54, 1.807) is 23.3 Å². The molecule has 0 unspecified atom stereocenters. The maximum Gasteiger partial charge on any atom is 0.153 e. The van der Waals surface area contributed by atoms with Crippen LogP contribution in [0.15, 0.2) is 24.7 Å². The van der Waals surface area contributed by atoms with Crippen LogP contribution in [0.5, 0.6) is 0 Å². The highest BCUT2D eigenvalue weighted by molar-refractivity contribution is 5.77. The fourth-order valence-electron chi connectivity index (χ4n) is 2.20. The Morgan fingerprint density at radius 3 is 3.18 bits per heavy atom. The third kappa shape index (κ3) is 1.70. The van der Waals surface area contributed by atoms with Crippen molar-refractivity contribution in [3.8, 4) is 0 Å². The van der Waals surface area contributed by atoms with E-state index in [-0.39, 0.29) is 25.0 Å². The second-order valence-corrected chi connectivity index (χ2v) is 4.23. The highest BCUT2D eigenvalue weighted by Gasteiger charge is 2.34. The predicted octanol–water partition coefficient (Wildman–Crippen LogP) is 0.0384. The van der Waals surface area contributed by atoms with Gasteiger partial charge in [0.05, 0.1) is 24.4 Å².